The van der Waals surface area contributed by atoms with Crippen LogP contribution in [0.1, 0.15) is 22.3 Å². The first-order valence-electron chi connectivity index (χ1n) is 15.8. The molecular weight excluding hydrogens is 544 g/mol. The first-order valence-corrected chi connectivity index (χ1v) is 15.8. The second-order valence-corrected chi connectivity index (χ2v) is 12.3. The molecule has 1 heterocycles. The van der Waals surface area contributed by atoms with Crippen molar-refractivity contribution in [2.75, 3.05) is 9.80 Å². The van der Waals surface area contributed by atoms with Crippen LogP contribution in [0.3, 0.4) is 0 Å². The van der Waals surface area contributed by atoms with Gasteiger partial charge in [-0.1, -0.05) is 121 Å². The molecule has 7 aromatic rings. The molecule has 0 bridgehead atoms. The molecule has 45 heavy (non-hydrogen) atoms. The minimum atomic E-state index is -0.129. The largest absolute Gasteiger partial charge is 0.310 e. The van der Waals surface area contributed by atoms with Crippen molar-refractivity contribution in [3.8, 4) is 0 Å². The van der Waals surface area contributed by atoms with Crippen LogP contribution in [0.15, 0.2) is 170 Å². The summed E-state index contributed by atoms with van der Waals surface area (Å²) in [6.07, 6.45) is 2.00. The highest BCUT2D eigenvalue weighted by atomic mass is 15.2. The van der Waals surface area contributed by atoms with Gasteiger partial charge in [0, 0.05) is 27.9 Å². The topological polar surface area (TPSA) is 6.48 Å². The number of hydrogen-bond donors (Lipinski definition) is 0. The maximum absolute atomic E-state index is 2.48. The summed E-state index contributed by atoms with van der Waals surface area (Å²) < 4.78 is 0. The molecule has 1 aliphatic carbocycles. The van der Waals surface area contributed by atoms with E-state index in [1.54, 1.807) is 0 Å². The van der Waals surface area contributed by atoms with Gasteiger partial charge in [-0.25, -0.2) is 0 Å². The molecule has 1 spiro atoms. The highest BCUT2D eigenvalue weighted by Gasteiger charge is 2.47. The second-order valence-electron chi connectivity index (χ2n) is 12.3. The summed E-state index contributed by atoms with van der Waals surface area (Å²) in [5.74, 6) is 0. The molecule has 0 saturated heterocycles. The molecule has 214 valence electrons. The fourth-order valence-corrected chi connectivity index (χ4v) is 7.86. The molecule has 0 N–H and O–H groups in total. The fourth-order valence-electron chi connectivity index (χ4n) is 7.86. The molecule has 0 aromatic heterocycles. The third kappa shape index (κ3) is 4.03. The minimum Gasteiger partial charge on any atom is -0.310 e. The van der Waals surface area contributed by atoms with Gasteiger partial charge in [-0.2, -0.15) is 0 Å². The lowest BCUT2D eigenvalue weighted by molar-refractivity contribution is 0.543. The first-order chi connectivity index (χ1) is 22.3. The van der Waals surface area contributed by atoms with E-state index < -0.39 is 0 Å². The van der Waals surface area contributed by atoms with Crippen molar-refractivity contribution in [2.24, 2.45) is 0 Å². The van der Waals surface area contributed by atoms with Crippen LogP contribution in [0.25, 0.3) is 10.8 Å². The Kier molecular flexibility index (Phi) is 5.89. The number of anilines is 6. The van der Waals surface area contributed by atoms with Crippen molar-refractivity contribution in [2.45, 2.75) is 18.3 Å². The Labute approximate surface area is 264 Å². The monoisotopic (exact) mass is 576 g/mol. The molecule has 2 aliphatic rings. The zero-order chi connectivity index (χ0) is 29.8. The van der Waals surface area contributed by atoms with Crippen LogP contribution in [0.5, 0.6) is 0 Å². The third-order valence-electron chi connectivity index (χ3n) is 9.80. The van der Waals surface area contributed by atoms with E-state index in [0.29, 0.717) is 0 Å². The zero-order valence-corrected chi connectivity index (χ0v) is 25.0. The van der Waals surface area contributed by atoms with E-state index in [2.05, 4.69) is 180 Å². The number of para-hydroxylation sites is 3. The Hall–Kier alpha value is -5.60. The Morgan fingerprint density at radius 1 is 0.467 bits per heavy atom. The summed E-state index contributed by atoms with van der Waals surface area (Å²) in [5.41, 5.74) is 12.7. The van der Waals surface area contributed by atoms with Gasteiger partial charge in [-0.3, -0.25) is 0 Å². The normalized spacial score (nSPS) is 14.2. The smallest absolute Gasteiger partial charge is 0.0540 e. The van der Waals surface area contributed by atoms with Gasteiger partial charge in [0.15, 0.2) is 0 Å². The highest BCUT2D eigenvalue weighted by Crippen LogP contribution is 2.58. The fraction of sp³-hybridized carbons (Fsp3) is 0.0698. The summed E-state index contributed by atoms with van der Waals surface area (Å²) >= 11 is 0. The van der Waals surface area contributed by atoms with Gasteiger partial charge >= 0.3 is 0 Å². The average molecular weight is 577 g/mol. The molecule has 0 amide bonds. The van der Waals surface area contributed by atoms with E-state index in [-0.39, 0.29) is 5.41 Å². The number of rotatable bonds is 4. The van der Waals surface area contributed by atoms with Crippen molar-refractivity contribution in [1.29, 1.82) is 0 Å². The molecule has 0 fully saturated rings. The lowest BCUT2D eigenvalue weighted by Gasteiger charge is -2.44. The molecular formula is C43H32N2. The van der Waals surface area contributed by atoms with Crippen LogP contribution in [-0.2, 0) is 18.3 Å². The molecule has 0 radical (unpaired) electrons. The summed E-state index contributed by atoms with van der Waals surface area (Å²) in [4.78, 5) is 4.90. The van der Waals surface area contributed by atoms with E-state index in [1.165, 1.54) is 55.8 Å². The van der Waals surface area contributed by atoms with Crippen molar-refractivity contribution < 1.29 is 0 Å². The van der Waals surface area contributed by atoms with E-state index in [4.69, 9.17) is 0 Å². The Balaban J connectivity index is 1.32. The predicted molar refractivity (Wildman–Crippen MR) is 188 cm³/mol. The summed E-state index contributed by atoms with van der Waals surface area (Å²) in [7, 11) is 0. The van der Waals surface area contributed by atoms with Gasteiger partial charge < -0.3 is 9.80 Å². The molecule has 7 aromatic carbocycles. The first kappa shape index (κ1) is 25.9. The zero-order valence-electron chi connectivity index (χ0n) is 25.0. The van der Waals surface area contributed by atoms with Gasteiger partial charge in [0.2, 0.25) is 0 Å². The van der Waals surface area contributed by atoms with Crippen molar-refractivity contribution >= 4 is 44.9 Å². The van der Waals surface area contributed by atoms with Crippen LogP contribution < -0.4 is 9.80 Å². The standard InChI is InChI=1S/C43H32N2/c1-3-18-34(19-4-1)44(40-25-13-17-31-14-9-10-22-37(31)40)36-26-27-39-42(28-36)45(35-20-5-2-6-21-35)41-24-12-11-23-38(41)43(39)29-32-15-7-8-16-33(32)30-43/h1-28H,29-30H2. The van der Waals surface area contributed by atoms with Crippen LogP contribution in [0.4, 0.5) is 34.1 Å². The molecule has 0 unspecified atom stereocenters. The maximum atomic E-state index is 2.48. The Morgan fingerprint density at radius 2 is 1.09 bits per heavy atom. The van der Waals surface area contributed by atoms with Crippen LogP contribution in [0.2, 0.25) is 0 Å². The van der Waals surface area contributed by atoms with Gasteiger partial charge in [0.1, 0.15) is 0 Å². The van der Waals surface area contributed by atoms with Gasteiger partial charge in [0.25, 0.3) is 0 Å². The third-order valence-corrected chi connectivity index (χ3v) is 9.80. The number of hydrogen-bond acceptors (Lipinski definition) is 2. The van der Waals surface area contributed by atoms with Gasteiger partial charge in [-0.05, 0) is 89.0 Å². The van der Waals surface area contributed by atoms with E-state index >= 15 is 0 Å². The minimum absolute atomic E-state index is 0.129. The van der Waals surface area contributed by atoms with Gasteiger partial charge in [-0.15, -0.1) is 0 Å². The van der Waals surface area contributed by atoms with Crippen LogP contribution >= 0.6 is 0 Å². The Morgan fingerprint density at radius 3 is 1.89 bits per heavy atom. The molecule has 0 saturated carbocycles. The van der Waals surface area contributed by atoms with Crippen LogP contribution in [-0.4, -0.2) is 0 Å². The number of benzene rings is 7. The molecule has 1 aliphatic heterocycles. The van der Waals surface area contributed by atoms with E-state index in [9.17, 15) is 0 Å². The van der Waals surface area contributed by atoms with Crippen molar-refractivity contribution in [3.05, 3.63) is 192 Å². The summed E-state index contributed by atoms with van der Waals surface area (Å²) in [5, 5.41) is 2.46. The Bertz CT molecular complexity index is 2150. The molecule has 2 heteroatoms. The summed E-state index contributed by atoms with van der Waals surface area (Å²) in [6.45, 7) is 0. The highest BCUT2D eigenvalue weighted by molar-refractivity contribution is 5.99. The van der Waals surface area contributed by atoms with Crippen LogP contribution in [0, 0.1) is 0 Å². The molecule has 0 atom stereocenters. The van der Waals surface area contributed by atoms with Crippen molar-refractivity contribution in [1.82, 2.24) is 0 Å². The second kappa shape index (κ2) is 10.2. The maximum Gasteiger partial charge on any atom is 0.0540 e. The number of nitrogens with zero attached hydrogens (tertiary/aromatic N) is 2. The lowest BCUT2D eigenvalue weighted by Crippen LogP contribution is -2.36. The molecule has 2 nitrogen and oxygen atoms in total. The summed E-state index contributed by atoms with van der Waals surface area (Å²) in [6, 6.07) is 62.2. The van der Waals surface area contributed by atoms with Gasteiger partial charge in [0.05, 0.1) is 17.1 Å². The van der Waals surface area contributed by atoms with E-state index in [1.807, 2.05) is 0 Å². The lowest BCUT2D eigenvalue weighted by atomic mass is 9.68. The van der Waals surface area contributed by atoms with E-state index in [0.717, 1.165) is 24.2 Å². The van der Waals surface area contributed by atoms with Crippen molar-refractivity contribution in [3.63, 3.8) is 0 Å². The SMILES string of the molecule is c1ccc(N2c3ccccc3C3(Cc4ccccc4C3)c3ccc(N(c4ccccc4)c4cccc5ccccc45)cc32)cc1. The molecule has 9 rings (SSSR count). The predicted octanol–water partition coefficient (Wildman–Crippen LogP) is 11.2. The number of fused-ring (bicyclic) bond motifs is 6. The average Bonchev–Trinajstić information content (AvgIpc) is 3.50. The quantitative estimate of drug-likeness (QED) is 0.206.